The van der Waals surface area contributed by atoms with E-state index in [1.54, 1.807) is 0 Å². The number of carboxylic acids is 1. The molecule has 0 aromatic carbocycles. The van der Waals surface area contributed by atoms with Crippen molar-refractivity contribution in [3.63, 3.8) is 0 Å². The molecule has 0 aliphatic carbocycles. The number of amides is 1. The van der Waals surface area contributed by atoms with Gasteiger partial charge in [0.15, 0.2) is 5.13 Å². The van der Waals surface area contributed by atoms with Gasteiger partial charge in [-0.25, -0.2) is 4.98 Å². The molecule has 0 atom stereocenters. The molecule has 0 fully saturated rings. The number of carbonyl (C=O) groups excluding carboxylic acids is 1. The Bertz CT molecular complexity index is 391. The largest absolute Gasteiger partial charge is 0.481 e. The first-order chi connectivity index (χ1) is 8.11. The number of aliphatic carboxylic acids is 1. The Kier molecular flexibility index (Phi) is 5.58. The molecule has 1 aromatic rings. The maximum Gasteiger partial charge on any atom is 0.303 e. The molecular weight excluding hydrogens is 244 g/mol. The smallest absolute Gasteiger partial charge is 0.303 e. The van der Waals surface area contributed by atoms with Crippen molar-refractivity contribution in [2.24, 2.45) is 0 Å². The summed E-state index contributed by atoms with van der Waals surface area (Å²) in [6.45, 7) is -0.00602. The molecule has 0 bridgehead atoms. The van der Waals surface area contributed by atoms with Crippen LogP contribution in [-0.4, -0.2) is 35.7 Å². The van der Waals surface area contributed by atoms with Crippen molar-refractivity contribution >= 4 is 28.3 Å². The summed E-state index contributed by atoms with van der Waals surface area (Å²) in [6, 6.07) is 0. The number of thiazole rings is 1. The molecule has 0 spiro atoms. The Morgan fingerprint density at radius 3 is 3.00 bits per heavy atom. The standard InChI is InChI=1S/C10H14N2O4S/c1-16-5-8(13)12-10-11-7(6-17-10)3-2-4-9(14)15/h6H,2-5H2,1H3,(H,14,15)(H,11,12,13). The molecule has 1 amide bonds. The number of nitrogens with zero attached hydrogens (tertiary/aromatic N) is 1. The van der Waals surface area contributed by atoms with Gasteiger partial charge in [0.1, 0.15) is 6.61 Å². The molecule has 0 aliphatic heterocycles. The molecular formula is C10H14N2O4S. The highest BCUT2D eigenvalue weighted by Crippen LogP contribution is 2.16. The third kappa shape index (κ3) is 5.41. The zero-order valence-electron chi connectivity index (χ0n) is 9.43. The van der Waals surface area contributed by atoms with Crippen LogP contribution in [0.3, 0.4) is 0 Å². The Balaban J connectivity index is 2.37. The second-order valence-electron chi connectivity index (χ2n) is 3.37. The number of anilines is 1. The zero-order chi connectivity index (χ0) is 12.7. The zero-order valence-corrected chi connectivity index (χ0v) is 10.2. The molecule has 0 saturated heterocycles. The molecule has 1 aromatic heterocycles. The van der Waals surface area contributed by atoms with Crippen molar-refractivity contribution in [2.45, 2.75) is 19.3 Å². The summed E-state index contributed by atoms with van der Waals surface area (Å²) < 4.78 is 4.67. The second kappa shape index (κ2) is 6.97. The van der Waals surface area contributed by atoms with E-state index in [-0.39, 0.29) is 18.9 Å². The second-order valence-corrected chi connectivity index (χ2v) is 4.23. The van der Waals surface area contributed by atoms with Gasteiger partial charge in [-0.05, 0) is 12.8 Å². The van der Waals surface area contributed by atoms with Gasteiger partial charge in [0, 0.05) is 18.9 Å². The normalized spacial score (nSPS) is 10.2. The fourth-order valence-electron chi connectivity index (χ4n) is 1.19. The molecule has 1 heterocycles. The Hall–Kier alpha value is -1.47. The van der Waals surface area contributed by atoms with Crippen LogP contribution in [-0.2, 0) is 20.7 Å². The average Bonchev–Trinajstić information content (AvgIpc) is 2.65. The van der Waals surface area contributed by atoms with Crippen molar-refractivity contribution in [2.75, 3.05) is 19.0 Å². The summed E-state index contributed by atoms with van der Waals surface area (Å²) >= 11 is 1.32. The van der Waals surface area contributed by atoms with Crippen LogP contribution in [0.2, 0.25) is 0 Å². The van der Waals surface area contributed by atoms with E-state index in [2.05, 4.69) is 15.0 Å². The van der Waals surface area contributed by atoms with Crippen LogP contribution in [0.5, 0.6) is 0 Å². The Morgan fingerprint density at radius 2 is 2.35 bits per heavy atom. The van der Waals surface area contributed by atoms with Gasteiger partial charge in [-0.1, -0.05) is 0 Å². The van der Waals surface area contributed by atoms with Gasteiger partial charge in [-0.3, -0.25) is 14.9 Å². The number of hydrogen-bond donors (Lipinski definition) is 2. The van der Waals surface area contributed by atoms with E-state index in [1.165, 1.54) is 18.4 Å². The number of rotatable bonds is 7. The van der Waals surface area contributed by atoms with Gasteiger partial charge in [0.05, 0.1) is 5.69 Å². The van der Waals surface area contributed by atoms with Gasteiger partial charge in [-0.2, -0.15) is 0 Å². The molecule has 7 heteroatoms. The predicted octanol–water partition coefficient (Wildman–Crippen LogP) is 1.14. The van der Waals surface area contributed by atoms with Crippen molar-refractivity contribution in [3.8, 4) is 0 Å². The topological polar surface area (TPSA) is 88.5 Å². The Labute approximate surface area is 103 Å². The van der Waals surface area contributed by atoms with Crippen LogP contribution in [0.1, 0.15) is 18.5 Å². The first-order valence-corrected chi connectivity index (χ1v) is 5.94. The summed E-state index contributed by atoms with van der Waals surface area (Å²) in [5.74, 6) is -1.06. The number of methoxy groups -OCH3 is 1. The molecule has 1 rings (SSSR count). The fraction of sp³-hybridized carbons (Fsp3) is 0.500. The minimum Gasteiger partial charge on any atom is -0.481 e. The van der Waals surface area contributed by atoms with Crippen molar-refractivity contribution in [1.29, 1.82) is 0 Å². The number of carboxylic acid groups (broad SMARTS) is 1. The van der Waals surface area contributed by atoms with Gasteiger partial charge in [0.2, 0.25) is 0 Å². The number of hydrogen-bond acceptors (Lipinski definition) is 5. The third-order valence-corrected chi connectivity index (χ3v) is 2.70. The highest BCUT2D eigenvalue weighted by atomic mass is 32.1. The first kappa shape index (κ1) is 13.6. The molecule has 0 radical (unpaired) electrons. The third-order valence-electron chi connectivity index (χ3n) is 1.90. The molecule has 0 aliphatic rings. The number of aryl methyl sites for hydroxylation is 1. The maximum absolute atomic E-state index is 11.2. The lowest BCUT2D eigenvalue weighted by Gasteiger charge is -1.99. The predicted molar refractivity (Wildman–Crippen MR) is 63.2 cm³/mol. The number of carbonyl (C=O) groups is 2. The average molecular weight is 258 g/mol. The van der Waals surface area contributed by atoms with Crippen molar-refractivity contribution < 1.29 is 19.4 Å². The molecule has 6 nitrogen and oxygen atoms in total. The monoisotopic (exact) mass is 258 g/mol. The quantitative estimate of drug-likeness (QED) is 0.765. The summed E-state index contributed by atoms with van der Waals surface area (Å²) in [6.07, 6.45) is 1.27. The maximum atomic E-state index is 11.2. The SMILES string of the molecule is COCC(=O)Nc1nc(CCCC(=O)O)cs1. The van der Waals surface area contributed by atoms with E-state index >= 15 is 0 Å². The van der Waals surface area contributed by atoms with E-state index in [1.807, 2.05) is 5.38 Å². The molecule has 2 N–H and O–H groups in total. The fourth-order valence-corrected chi connectivity index (χ4v) is 1.95. The lowest BCUT2D eigenvalue weighted by atomic mass is 10.2. The van der Waals surface area contributed by atoms with Crippen LogP contribution in [0.15, 0.2) is 5.38 Å². The summed E-state index contributed by atoms with van der Waals surface area (Å²) in [4.78, 5) is 25.7. The lowest BCUT2D eigenvalue weighted by Crippen LogP contribution is -2.16. The first-order valence-electron chi connectivity index (χ1n) is 5.07. The van der Waals surface area contributed by atoms with E-state index in [9.17, 15) is 9.59 Å². The van der Waals surface area contributed by atoms with Gasteiger partial charge in [-0.15, -0.1) is 11.3 Å². The lowest BCUT2D eigenvalue weighted by molar-refractivity contribution is -0.137. The number of nitrogens with one attached hydrogen (secondary N) is 1. The van der Waals surface area contributed by atoms with Gasteiger partial charge < -0.3 is 9.84 Å². The molecule has 17 heavy (non-hydrogen) atoms. The summed E-state index contributed by atoms with van der Waals surface area (Å²) in [7, 11) is 1.44. The van der Waals surface area contributed by atoms with E-state index < -0.39 is 5.97 Å². The van der Waals surface area contributed by atoms with Gasteiger partial charge >= 0.3 is 5.97 Å². The van der Waals surface area contributed by atoms with Crippen molar-refractivity contribution in [1.82, 2.24) is 4.98 Å². The molecule has 94 valence electrons. The summed E-state index contributed by atoms with van der Waals surface area (Å²) in [5.41, 5.74) is 0.795. The molecule has 0 unspecified atom stereocenters. The Morgan fingerprint density at radius 1 is 1.59 bits per heavy atom. The van der Waals surface area contributed by atoms with E-state index in [0.29, 0.717) is 18.0 Å². The van der Waals surface area contributed by atoms with Crippen LogP contribution < -0.4 is 5.32 Å². The highest BCUT2D eigenvalue weighted by molar-refractivity contribution is 7.13. The van der Waals surface area contributed by atoms with Crippen LogP contribution in [0.25, 0.3) is 0 Å². The van der Waals surface area contributed by atoms with Gasteiger partial charge in [0.25, 0.3) is 5.91 Å². The number of ether oxygens (including phenoxy) is 1. The molecule has 0 saturated carbocycles. The van der Waals surface area contributed by atoms with E-state index in [0.717, 1.165) is 5.69 Å². The van der Waals surface area contributed by atoms with Crippen LogP contribution in [0.4, 0.5) is 5.13 Å². The van der Waals surface area contributed by atoms with E-state index in [4.69, 9.17) is 5.11 Å². The minimum atomic E-state index is -0.811. The van der Waals surface area contributed by atoms with Crippen LogP contribution >= 0.6 is 11.3 Å². The van der Waals surface area contributed by atoms with Crippen molar-refractivity contribution in [3.05, 3.63) is 11.1 Å². The van der Waals surface area contributed by atoms with Crippen LogP contribution in [0, 0.1) is 0 Å². The minimum absolute atomic E-state index is 0.00602. The number of aromatic nitrogens is 1. The highest BCUT2D eigenvalue weighted by Gasteiger charge is 2.06. The summed E-state index contributed by atoms with van der Waals surface area (Å²) in [5, 5.41) is 13.4.